The lowest BCUT2D eigenvalue weighted by Crippen LogP contribution is -2.45. The lowest BCUT2D eigenvalue weighted by molar-refractivity contribution is 0.316. The number of nitrogens with two attached hydrogens (primary N) is 1. The fourth-order valence-corrected chi connectivity index (χ4v) is 5.22. The maximum absolute atomic E-state index is 12.7. The van der Waals surface area contributed by atoms with Crippen molar-refractivity contribution in [3.8, 4) is 0 Å². The van der Waals surface area contributed by atoms with Crippen LogP contribution in [0.1, 0.15) is 56.4 Å². The minimum atomic E-state index is -3.39. The van der Waals surface area contributed by atoms with E-state index < -0.39 is 10.0 Å². The Hall–Kier alpha value is -0.910. The minimum absolute atomic E-state index is 0.0370. The summed E-state index contributed by atoms with van der Waals surface area (Å²) in [6.45, 7) is 1.02. The molecular formula is C17H26N2O2S. The SMILES string of the molecule is NC1CCCN(S(=O)(=O)c2ccc(C3CCCCC3)cc2)C1. The largest absolute Gasteiger partial charge is 0.327 e. The number of nitrogens with zero attached hydrogens (tertiary/aromatic N) is 1. The number of sulfonamides is 1. The van der Waals surface area contributed by atoms with Gasteiger partial charge in [0, 0.05) is 19.1 Å². The van der Waals surface area contributed by atoms with Gasteiger partial charge in [-0.1, -0.05) is 31.4 Å². The van der Waals surface area contributed by atoms with Crippen LogP contribution in [-0.2, 0) is 10.0 Å². The van der Waals surface area contributed by atoms with E-state index in [0.29, 0.717) is 23.9 Å². The highest BCUT2D eigenvalue weighted by Gasteiger charge is 2.29. The van der Waals surface area contributed by atoms with Crippen LogP contribution in [0.15, 0.2) is 29.2 Å². The average molecular weight is 322 g/mol. The topological polar surface area (TPSA) is 63.4 Å². The second-order valence-electron chi connectivity index (χ2n) is 6.67. The van der Waals surface area contributed by atoms with Gasteiger partial charge >= 0.3 is 0 Å². The normalized spacial score (nSPS) is 25.2. The summed E-state index contributed by atoms with van der Waals surface area (Å²) in [6.07, 6.45) is 8.12. The van der Waals surface area contributed by atoms with E-state index in [4.69, 9.17) is 5.73 Å². The summed E-state index contributed by atoms with van der Waals surface area (Å²) in [4.78, 5) is 0.404. The monoisotopic (exact) mass is 322 g/mol. The number of benzene rings is 1. The van der Waals surface area contributed by atoms with Gasteiger partial charge in [0.15, 0.2) is 0 Å². The summed E-state index contributed by atoms with van der Waals surface area (Å²) >= 11 is 0. The Kier molecular flexibility index (Phi) is 4.85. The van der Waals surface area contributed by atoms with Crippen molar-refractivity contribution < 1.29 is 8.42 Å². The summed E-state index contributed by atoms with van der Waals surface area (Å²) in [6, 6.07) is 7.53. The van der Waals surface area contributed by atoms with E-state index in [1.165, 1.54) is 42.0 Å². The first kappa shape index (κ1) is 16.0. The van der Waals surface area contributed by atoms with Gasteiger partial charge in [0.2, 0.25) is 10.0 Å². The molecule has 1 aliphatic heterocycles. The molecule has 5 heteroatoms. The van der Waals surface area contributed by atoms with Crippen LogP contribution in [0.5, 0.6) is 0 Å². The summed E-state index contributed by atoms with van der Waals surface area (Å²) < 4.78 is 26.9. The Labute approximate surface area is 133 Å². The Bertz CT molecular complexity index is 592. The second-order valence-corrected chi connectivity index (χ2v) is 8.61. The van der Waals surface area contributed by atoms with Gasteiger partial charge in [-0.25, -0.2) is 8.42 Å². The molecule has 4 nitrogen and oxygen atoms in total. The molecule has 1 aliphatic carbocycles. The molecule has 2 fully saturated rings. The number of hydrogen-bond donors (Lipinski definition) is 1. The molecule has 22 heavy (non-hydrogen) atoms. The molecule has 0 spiro atoms. The van der Waals surface area contributed by atoms with E-state index in [0.717, 1.165) is 12.8 Å². The van der Waals surface area contributed by atoms with Crippen molar-refractivity contribution in [3.63, 3.8) is 0 Å². The van der Waals surface area contributed by atoms with Crippen molar-refractivity contribution in [1.82, 2.24) is 4.31 Å². The van der Waals surface area contributed by atoms with Gasteiger partial charge in [0.1, 0.15) is 0 Å². The zero-order valence-corrected chi connectivity index (χ0v) is 13.9. The standard InChI is InChI=1S/C17H26N2O2S/c18-16-7-4-12-19(13-16)22(20,21)17-10-8-15(9-11-17)14-5-2-1-3-6-14/h8-11,14,16H,1-7,12-13,18H2. The first-order valence-corrected chi connectivity index (χ1v) is 9.87. The average Bonchev–Trinajstić information content (AvgIpc) is 2.56. The molecule has 0 bridgehead atoms. The third kappa shape index (κ3) is 3.36. The number of hydrogen-bond acceptors (Lipinski definition) is 3. The molecule has 122 valence electrons. The van der Waals surface area contributed by atoms with Crippen LogP contribution in [0.25, 0.3) is 0 Å². The van der Waals surface area contributed by atoms with Crippen molar-refractivity contribution in [2.75, 3.05) is 13.1 Å². The highest BCUT2D eigenvalue weighted by molar-refractivity contribution is 7.89. The fraction of sp³-hybridized carbons (Fsp3) is 0.647. The van der Waals surface area contributed by atoms with Gasteiger partial charge in [-0.15, -0.1) is 0 Å². The van der Waals surface area contributed by atoms with Crippen molar-refractivity contribution >= 4 is 10.0 Å². The highest BCUT2D eigenvalue weighted by Crippen LogP contribution is 2.33. The lowest BCUT2D eigenvalue weighted by atomic mass is 9.84. The molecule has 0 amide bonds. The van der Waals surface area contributed by atoms with Crippen LogP contribution < -0.4 is 5.73 Å². The quantitative estimate of drug-likeness (QED) is 0.930. The molecule has 1 unspecified atom stereocenters. The van der Waals surface area contributed by atoms with Gasteiger partial charge in [-0.05, 0) is 49.3 Å². The first-order chi connectivity index (χ1) is 10.6. The molecule has 1 saturated heterocycles. The predicted molar refractivity (Wildman–Crippen MR) is 88.2 cm³/mol. The van der Waals surface area contributed by atoms with Crippen LogP contribution >= 0.6 is 0 Å². The predicted octanol–water partition coefficient (Wildman–Crippen LogP) is 2.85. The zero-order chi connectivity index (χ0) is 15.6. The van der Waals surface area contributed by atoms with Crippen LogP contribution in [0.2, 0.25) is 0 Å². The Morgan fingerprint density at radius 1 is 0.955 bits per heavy atom. The van der Waals surface area contributed by atoms with Crippen molar-refractivity contribution in [3.05, 3.63) is 29.8 Å². The summed E-state index contributed by atoms with van der Waals surface area (Å²) in [5.74, 6) is 0.605. The molecule has 1 aromatic carbocycles. The summed E-state index contributed by atoms with van der Waals surface area (Å²) in [5, 5.41) is 0. The fourth-order valence-electron chi connectivity index (χ4n) is 3.69. The van der Waals surface area contributed by atoms with Crippen LogP contribution in [0.4, 0.5) is 0 Å². The minimum Gasteiger partial charge on any atom is -0.327 e. The molecule has 1 atom stereocenters. The third-order valence-electron chi connectivity index (χ3n) is 5.02. The number of rotatable bonds is 3. The van der Waals surface area contributed by atoms with Gasteiger partial charge in [0.25, 0.3) is 0 Å². The maximum Gasteiger partial charge on any atom is 0.243 e. The Balaban J connectivity index is 1.76. The van der Waals surface area contributed by atoms with Gasteiger partial charge in [0.05, 0.1) is 4.90 Å². The smallest absolute Gasteiger partial charge is 0.243 e. The van der Waals surface area contributed by atoms with E-state index in [1.807, 2.05) is 12.1 Å². The molecule has 2 aliphatic rings. The van der Waals surface area contributed by atoms with E-state index in [2.05, 4.69) is 0 Å². The third-order valence-corrected chi connectivity index (χ3v) is 6.89. The second kappa shape index (κ2) is 6.69. The Morgan fingerprint density at radius 3 is 2.27 bits per heavy atom. The molecule has 1 aromatic rings. The van der Waals surface area contributed by atoms with Crippen LogP contribution in [0, 0.1) is 0 Å². The van der Waals surface area contributed by atoms with Gasteiger partial charge in [-0.3, -0.25) is 0 Å². The zero-order valence-electron chi connectivity index (χ0n) is 13.1. The molecule has 3 rings (SSSR count). The van der Waals surface area contributed by atoms with Crippen molar-refractivity contribution in [2.45, 2.75) is 61.8 Å². The van der Waals surface area contributed by atoms with E-state index in [9.17, 15) is 8.42 Å². The molecule has 2 N–H and O–H groups in total. The maximum atomic E-state index is 12.7. The summed E-state index contributed by atoms with van der Waals surface area (Å²) in [5.41, 5.74) is 7.20. The summed E-state index contributed by atoms with van der Waals surface area (Å²) in [7, 11) is -3.39. The highest BCUT2D eigenvalue weighted by atomic mass is 32.2. The van der Waals surface area contributed by atoms with Crippen molar-refractivity contribution in [1.29, 1.82) is 0 Å². The Morgan fingerprint density at radius 2 is 1.64 bits per heavy atom. The van der Waals surface area contributed by atoms with E-state index in [-0.39, 0.29) is 6.04 Å². The van der Waals surface area contributed by atoms with Crippen molar-refractivity contribution in [2.24, 2.45) is 5.73 Å². The molecule has 1 heterocycles. The van der Waals surface area contributed by atoms with Gasteiger partial charge < -0.3 is 5.73 Å². The van der Waals surface area contributed by atoms with Gasteiger partial charge in [-0.2, -0.15) is 4.31 Å². The van der Waals surface area contributed by atoms with Crippen LogP contribution in [-0.4, -0.2) is 31.9 Å². The molecular weight excluding hydrogens is 296 g/mol. The molecule has 0 aromatic heterocycles. The molecule has 1 saturated carbocycles. The van der Waals surface area contributed by atoms with Crippen LogP contribution in [0.3, 0.4) is 0 Å². The van der Waals surface area contributed by atoms with E-state index >= 15 is 0 Å². The lowest BCUT2D eigenvalue weighted by Gasteiger charge is -2.30. The molecule has 0 radical (unpaired) electrons. The first-order valence-electron chi connectivity index (χ1n) is 8.43. The number of piperidine rings is 1. The van der Waals surface area contributed by atoms with E-state index in [1.54, 1.807) is 12.1 Å².